The molecule has 0 atom stereocenters. The molecule has 4 radical (unpaired) electrons. The molecule has 0 aliphatic heterocycles. The summed E-state index contributed by atoms with van der Waals surface area (Å²) in [5, 5.41) is 2.27. The van der Waals surface area contributed by atoms with Gasteiger partial charge in [0, 0.05) is 47.2 Å². The Hall–Kier alpha value is -1.83. The molecule has 0 fully saturated rings. The first kappa shape index (κ1) is 20.5. The average Bonchev–Trinajstić information content (AvgIpc) is 2.62. The van der Waals surface area contributed by atoms with Crippen molar-refractivity contribution in [1.82, 2.24) is 4.98 Å². The second-order valence-electron chi connectivity index (χ2n) is 5.96. The molecule has 0 bridgehead atoms. The van der Waals surface area contributed by atoms with E-state index in [1.165, 1.54) is 5.56 Å². The monoisotopic (exact) mass is 409 g/mol. The molecule has 2 aromatic carbocycles. The summed E-state index contributed by atoms with van der Waals surface area (Å²) in [6.07, 6.45) is 7.06. The summed E-state index contributed by atoms with van der Waals surface area (Å²) >= 11 is 0. The molecule has 0 aliphatic rings. The molecule has 4 heteroatoms. The van der Waals surface area contributed by atoms with E-state index in [0.29, 0.717) is 0 Å². The molecule has 0 saturated heterocycles. The van der Waals surface area contributed by atoms with Crippen molar-refractivity contribution in [3.05, 3.63) is 84.8 Å². The predicted octanol–water partition coefficient (Wildman–Crippen LogP) is 3.92. The van der Waals surface area contributed by atoms with Crippen molar-refractivity contribution in [2.45, 2.75) is 6.92 Å². The minimum absolute atomic E-state index is 0. The van der Waals surface area contributed by atoms with E-state index >= 15 is 0 Å². The molecule has 2 nitrogen and oxygen atoms in total. The van der Waals surface area contributed by atoms with Gasteiger partial charge in [-0.15, -0.1) is 23.1 Å². The summed E-state index contributed by atoms with van der Waals surface area (Å²) in [4.78, 5) is 4.28. The maximum atomic E-state index is 4.28. The normalized spacial score (nSPS) is 10.1. The van der Waals surface area contributed by atoms with Gasteiger partial charge in [0.2, 0.25) is 0 Å². The molecule has 4 aromatic rings. The van der Waals surface area contributed by atoms with Gasteiger partial charge in [0.1, 0.15) is 12.7 Å². The smallest absolute Gasteiger partial charge is 0.161 e. The van der Waals surface area contributed by atoms with E-state index in [4.69, 9.17) is 0 Å². The molecule has 2 heterocycles. The Labute approximate surface area is 181 Å². The van der Waals surface area contributed by atoms with Crippen LogP contribution in [0, 0.1) is 19.2 Å². The fourth-order valence-electron chi connectivity index (χ4n) is 3.03. The maximum absolute atomic E-state index is 4.28. The quantitative estimate of drug-likeness (QED) is 0.279. The standard InChI is InChI=1S/C22H17N2.B.Y/c1-16-10-11-17(13-20(16)22-9-5-6-12-24(22)2)21-15-23-14-18-7-3-4-8-19(18)21;;/h3-12,14H,1-2H3;;/q-1;;. The Morgan fingerprint density at radius 3 is 2.50 bits per heavy atom. The van der Waals surface area contributed by atoms with Crippen LogP contribution in [0.15, 0.2) is 67.0 Å². The summed E-state index contributed by atoms with van der Waals surface area (Å²) in [7, 11) is 2.06. The van der Waals surface area contributed by atoms with E-state index in [0.717, 1.165) is 33.2 Å². The first-order valence-corrected chi connectivity index (χ1v) is 7.98. The SMILES string of the molecule is Cc1ccc(-c2[c-]ncc3ccccc23)[c-]c1-c1cccc[n+]1C.[B].[Y]. The molecule has 122 valence electrons. The Kier molecular flexibility index (Phi) is 6.86. The summed E-state index contributed by atoms with van der Waals surface area (Å²) in [6, 6.07) is 22.3. The Morgan fingerprint density at radius 2 is 1.69 bits per heavy atom. The maximum Gasteiger partial charge on any atom is 0.161 e. The number of pyridine rings is 2. The Bertz CT molecular complexity index is 1040. The molecular formula is C22H17BN2Y-. The predicted molar refractivity (Wildman–Crippen MR) is 102 cm³/mol. The minimum Gasteiger partial charge on any atom is -0.368 e. The van der Waals surface area contributed by atoms with Gasteiger partial charge in [-0.25, -0.2) is 4.57 Å². The number of hydrogen-bond acceptors (Lipinski definition) is 1. The topological polar surface area (TPSA) is 16.8 Å². The Balaban J connectivity index is 0.00000121. The number of hydrogen-bond donors (Lipinski definition) is 0. The van der Waals surface area contributed by atoms with Gasteiger partial charge in [0.05, 0.1) is 0 Å². The van der Waals surface area contributed by atoms with Crippen LogP contribution in [0.1, 0.15) is 5.56 Å². The molecule has 0 unspecified atom stereocenters. The van der Waals surface area contributed by atoms with Crippen LogP contribution in [-0.2, 0) is 39.8 Å². The van der Waals surface area contributed by atoms with E-state index in [1.807, 2.05) is 24.4 Å². The van der Waals surface area contributed by atoms with Crippen LogP contribution in [0.5, 0.6) is 0 Å². The fourth-order valence-corrected chi connectivity index (χ4v) is 3.03. The number of benzene rings is 2. The minimum atomic E-state index is 0. The summed E-state index contributed by atoms with van der Waals surface area (Å²) in [6.45, 7) is 2.12. The summed E-state index contributed by atoms with van der Waals surface area (Å²) in [5.74, 6) is 0. The largest absolute Gasteiger partial charge is 0.368 e. The van der Waals surface area contributed by atoms with Crippen LogP contribution in [0.3, 0.4) is 0 Å². The second kappa shape index (κ2) is 8.70. The molecule has 2 aromatic heterocycles. The third-order valence-corrected chi connectivity index (χ3v) is 4.34. The van der Waals surface area contributed by atoms with Crippen molar-refractivity contribution in [3.8, 4) is 22.4 Å². The number of aromatic nitrogens is 2. The van der Waals surface area contributed by atoms with Gasteiger partial charge >= 0.3 is 0 Å². The van der Waals surface area contributed by atoms with Crippen LogP contribution < -0.4 is 4.57 Å². The van der Waals surface area contributed by atoms with Gasteiger partial charge < -0.3 is 4.98 Å². The van der Waals surface area contributed by atoms with E-state index in [9.17, 15) is 0 Å². The first-order valence-electron chi connectivity index (χ1n) is 7.98. The molecule has 0 spiro atoms. The summed E-state index contributed by atoms with van der Waals surface area (Å²) in [5.41, 5.74) is 5.47. The Morgan fingerprint density at radius 1 is 0.923 bits per heavy atom. The zero-order valence-corrected chi connectivity index (χ0v) is 17.7. The zero-order chi connectivity index (χ0) is 16.5. The van der Waals surface area contributed by atoms with Crippen LogP contribution >= 0.6 is 0 Å². The third-order valence-electron chi connectivity index (χ3n) is 4.34. The van der Waals surface area contributed by atoms with Gasteiger partial charge in [-0.05, 0) is 6.07 Å². The van der Waals surface area contributed by atoms with Gasteiger partial charge in [0.25, 0.3) is 0 Å². The van der Waals surface area contributed by atoms with E-state index in [2.05, 4.69) is 78.4 Å². The molecule has 26 heavy (non-hydrogen) atoms. The van der Waals surface area contributed by atoms with Crippen molar-refractivity contribution < 1.29 is 37.3 Å². The van der Waals surface area contributed by atoms with Gasteiger partial charge in [-0.2, -0.15) is 23.3 Å². The summed E-state index contributed by atoms with van der Waals surface area (Å²) < 4.78 is 2.12. The van der Waals surface area contributed by atoms with Crippen LogP contribution in [0.2, 0.25) is 0 Å². The third kappa shape index (κ3) is 3.79. The van der Waals surface area contributed by atoms with Crippen molar-refractivity contribution in [2.75, 3.05) is 0 Å². The van der Waals surface area contributed by atoms with Gasteiger partial charge in [-0.1, -0.05) is 54.5 Å². The van der Waals surface area contributed by atoms with Gasteiger partial charge in [-0.3, -0.25) is 0 Å². The van der Waals surface area contributed by atoms with Gasteiger partial charge in [0.15, 0.2) is 6.20 Å². The average molecular weight is 409 g/mol. The van der Waals surface area contributed by atoms with E-state index < -0.39 is 0 Å². The number of rotatable bonds is 2. The molecule has 4 rings (SSSR count). The van der Waals surface area contributed by atoms with Crippen molar-refractivity contribution >= 4 is 19.2 Å². The fraction of sp³-hybridized carbons (Fsp3) is 0.0909. The molecule has 0 N–H and O–H groups in total. The van der Waals surface area contributed by atoms with Crippen molar-refractivity contribution in [2.24, 2.45) is 7.05 Å². The van der Waals surface area contributed by atoms with E-state index in [-0.39, 0.29) is 41.1 Å². The molecule has 0 saturated carbocycles. The number of fused-ring (bicyclic) bond motifs is 1. The number of nitrogens with zero attached hydrogens (tertiary/aromatic N) is 2. The molecule has 0 amide bonds. The second-order valence-corrected chi connectivity index (χ2v) is 5.96. The van der Waals surface area contributed by atoms with Crippen LogP contribution in [-0.4, -0.2) is 13.4 Å². The number of aryl methyl sites for hydroxylation is 2. The van der Waals surface area contributed by atoms with Crippen molar-refractivity contribution in [1.29, 1.82) is 0 Å². The van der Waals surface area contributed by atoms with Crippen LogP contribution in [0.25, 0.3) is 33.2 Å². The van der Waals surface area contributed by atoms with Crippen LogP contribution in [0.4, 0.5) is 0 Å². The van der Waals surface area contributed by atoms with E-state index in [1.54, 1.807) is 0 Å². The first-order chi connectivity index (χ1) is 11.7. The van der Waals surface area contributed by atoms with Crippen molar-refractivity contribution in [3.63, 3.8) is 0 Å². The molecule has 0 aliphatic carbocycles. The molecular weight excluding hydrogens is 392 g/mol. The zero-order valence-electron chi connectivity index (χ0n) is 14.9.